The monoisotopic (exact) mass is 321 g/mol. The molecule has 1 aliphatic rings. The lowest BCUT2D eigenvalue weighted by molar-refractivity contribution is 0.202. The van der Waals surface area contributed by atoms with Gasteiger partial charge < -0.3 is 10.2 Å². The van der Waals surface area contributed by atoms with Crippen LogP contribution in [0.5, 0.6) is 0 Å². The molecule has 0 radical (unpaired) electrons. The fourth-order valence-corrected chi connectivity index (χ4v) is 3.43. The number of rotatable bonds is 6. The predicted molar refractivity (Wildman–Crippen MR) is 94.2 cm³/mol. The molecule has 1 heterocycles. The molecule has 1 fully saturated rings. The molecule has 2 amide bonds. The van der Waals surface area contributed by atoms with E-state index in [4.69, 9.17) is 0 Å². The third kappa shape index (κ3) is 5.21. The number of hydrogen-bond donors (Lipinski definition) is 1. The summed E-state index contributed by atoms with van der Waals surface area (Å²) in [5.41, 5.74) is 2.48. The van der Waals surface area contributed by atoms with Crippen LogP contribution in [-0.4, -0.2) is 53.5 Å². The van der Waals surface area contributed by atoms with E-state index >= 15 is 0 Å². The Kier molecular flexibility index (Phi) is 7.06. The first-order chi connectivity index (χ1) is 10.7. The van der Waals surface area contributed by atoms with E-state index in [1.807, 2.05) is 16.7 Å². The standard InChI is InChI=1S/C17H27N3OS/c1-3-19(4-2)14-16-7-5-15(6-8-16)13-18-17(21)20-9-11-22-12-10-20/h5-8H,3-4,9-14H2,1-2H3,(H,18,21). The van der Waals surface area contributed by atoms with Crippen molar-refractivity contribution >= 4 is 17.8 Å². The topological polar surface area (TPSA) is 35.6 Å². The van der Waals surface area contributed by atoms with Gasteiger partial charge in [-0.1, -0.05) is 38.1 Å². The summed E-state index contributed by atoms with van der Waals surface area (Å²) in [7, 11) is 0. The highest BCUT2D eigenvalue weighted by Gasteiger charge is 2.15. The Morgan fingerprint density at radius 2 is 1.73 bits per heavy atom. The number of thioether (sulfide) groups is 1. The molecular weight excluding hydrogens is 294 g/mol. The molecule has 122 valence electrons. The second kappa shape index (κ2) is 9.06. The second-order valence-electron chi connectivity index (χ2n) is 5.54. The first-order valence-electron chi connectivity index (χ1n) is 8.13. The number of carbonyl (C=O) groups excluding carboxylic acids is 1. The normalized spacial score (nSPS) is 15.1. The molecule has 0 saturated carbocycles. The largest absolute Gasteiger partial charge is 0.334 e. The third-order valence-electron chi connectivity index (χ3n) is 4.07. The van der Waals surface area contributed by atoms with Crippen LogP contribution in [0.25, 0.3) is 0 Å². The molecule has 1 aromatic rings. The number of nitrogens with one attached hydrogen (secondary N) is 1. The Bertz CT molecular complexity index is 453. The molecule has 4 nitrogen and oxygen atoms in total. The van der Waals surface area contributed by atoms with Crippen molar-refractivity contribution in [2.24, 2.45) is 0 Å². The van der Waals surface area contributed by atoms with Gasteiger partial charge in [-0.2, -0.15) is 11.8 Å². The van der Waals surface area contributed by atoms with Crippen molar-refractivity contribution in [3.63, 3.8) is 0 Å². The van der Waals surface area contributed by atoms with Crippen LogP contribution in [0.15, 0.2) is 24.3 Å². The number of hydrogen-bond acceptors (Lipinski definition) is 3. The van der Waals surface area contributed by atoms with Crippen LogP contribution >= 0.6 is 11.8 Å². The van der Waals surface area contributed by atoms with Crippen molar-refractivity contribution < 1.29 is 4.79 Å². The molecule has 1 N–H and O–H groups in total. The highest BCUT2D eigenvalue weighted by molar-refractivity contribution is 7.99. The van der Waals surface area contributed by atoms with Crippen molar-refractivity contribution in [1.29, 1.82) is 0 Å². The van der Waals surface area contributed by atoms with Gasteiger partial charge in [0.15, 0.2) is 0 Å². The minimum Gasteiger partial charge on any atom is -0.334 e. The molecule has 0 aromatic heterocycles. The molecule has 0 atom stereocenters. The van der Waals surface area contributed by atoms with Gasteiger partial charge in [0.2, 0.25) is 0 Å². The van der Waals surface area contributed by atoms with Crippen LogP contribution in [0.3, 0.4) is 0 Å². The third-order valence-corrected chi connectivity index (χ3v) is 5.01. The molecule has 0 unspecified atom stereocenters. The molecule has 0 bridgehead atoms. The molecule has 0 aliphatic carbocycles. The van der Waals surface area contributed by atoms with Crippen LogP contribution in [-0.2, 0) is 13.1 Å². The van der Waals surface area contributed by atoms with Gasteiger partial charge in [0.25, 0.3) is 0 Å². The van der Waals surface area contributed by atoms with E-state index in [2.05, 4.69) is 48.3 Å². The van der Waals surface area contributed by atoms with Crippen molar-refractivity contribution in [2.45, 2.75) is 26.9 Å². The Morgan fingerprint density at radius 1 is 1.14 bits per heavy atom. The van der Waals surface area contributed by atoms with Crippen LogP contribution in [0.4, 0.5) is 4.79 Å². The van der Waals surface area contributed by atoms with Gasteiger partial charge in [-0.05, 0) is 24.2 Å². The number of benzene rings is 1. The lowest BCUT2D eigenvalue weighted by Gasteiger charge is -2.26. The molecule has 5 heteroatoms. The number of nitrogens with zero attached hydrogens (tertiary/aromatic N) is 2. The first kappa shape index (κ1) is 17.2. The van der Waals surface area contributed by atoms with Crippen molar-refractivity contribution in [1.82, 2.24) is 15.1 Å². The summed E-state index contributed by atoms with van der Waals surface area (Å²) < 4.78 is 0. The van der Waals surface area contributed by atoms with E-state index in [9.17, 15) is 4.79 Å². The van der Waals surface area contributed by atoms with Crippen molar-refractivity contribution in [2.75, 3.05) is 37.7 Å². The number of urea groups is 1. The first-order valence-corrected chi connectivity index (χ1v) is 9.29. The smallest absolute Gasteiger partial charge is 0.317 e. The van der Waals surface area contributed by atoms with Gasteiger partial charge in [-0.3, -0.25) is 4.90 Å². The maximum atomic E-state index is 12.1. The lowest BCUT2D eigenvalue weighted by atomic mass is 10.1. The Balaban J connectivity index is 1.79. The zero-order valence-corrected chi connectivity index (χ0v) is 14.5. The number of amides is 2. The SMILES string of the molecule is CCN(CC)Cc1ccc(CNC(=O)N2CCSCC2)cc1. The summed E-state index contributed by atoms with van der Waals surface area (Å²) >= 11 is 1.91. The highest BCUT2D eigenvalue weighted by atomic mass is 32.2. The Morgan fingerprint density at radius 3 is 2.32 bits per heavy atom. The van der Waals surface area contributed by atoms with Gasteiger partial charge in [-0.15, -0.1) is 0 Å². The van der Waals surface area contributed by atoms with E-state index in [0.717, 1.165) is 49.8 Å². The summed E-state index contributed by atoms with van der Waals surface area (Å²) in [5, 5.41) is 3.02. The van der Waals surface area contributed by atoms with E-state index in [-0.39, 0.29) is 6.03 Å². The van der Waals surface area contributed by atoms with Crippen molar-refractivity contribution in [3.8, 4) is 0 Å². The average Bonchev–Trinajstić information content (AvgIpc) is 2.59. The van der Waals surface area contributed by atoms with Gasteiger partial charge in [0.05, 0.1) is 0 Å². The molecule has 0 spiro atoms. The molecule has 22 heavy (non-hydrogen) atoms. The summed E-state index contributed by atoms with van der Waals surface area (Å²) in [5.74, 6) is 2.10. The van der Waals surface area contributed by atoms with Gasteiger partial charge in [0.1, 0.15) is 0 Å². The van der Waals surface area contributed by atoms with Crippen LogP contribution in [0.1, 0.15) is 25.0 Å². The molecule has 1 aliphatic heterocycles. The Hall–Kier alpha value is -1.20. The zero-order chi connectivity index (χ0) is 15.8. The molecule has 1 aromatic carbocycles. The predicted octanol–water partition coefficient (Wildman–Crippen LogP) is 2.79. The summed E-state index contributed by atoms with van der Waals surface area (Å²) in [4.78, 5) is 16.4. The van der Waals surface area contributed by atoms with E-state index < -0.39 is 0 Å². The zero-order valence-electron chi connectivity index (χ0n) is 13.7. The van der Waals surface area contributed by atoms with E-state index in [0.29, 0.717) is 6.54 Å². The maximum absolute atomic E-state index is 12.1. The second-order valence-corrected chi connectivity index (χ2v) is 6.76. The van der Waals surface area contributed by atoms with Gasteiger partial charge in [0, 0.05) is 37.7 Å². The molecule has 1 saturated heterocycles. The minimum atomic E-state index is 0.0625. The van der Waals surface area contributed by atoms with Crippen LogP contribution in [0, 0.1) is 0 Å². The van der Waals surface area contributed by atoms with Gasteiger partial charge in [-0.25, -0.2) is 4.79 Å². The van der Waals surface area contributed by atoms with Crippen molar-refractivity contribution in [3.05, 3.63) is 35.4 Å². The van der Waals surface area contributed by atoms with Crippen LogP contribution in [0.2, 0.25) is 0 Å². The maximum Gasteiger partial charge on any atom is 0.317 e. The quantitative estimate of drug-likeness (QED) is 0.875. The molecular formula is C17H27N3OS. The van der Waals surface area contributed by atoms with Crippen LogP contribution < -0.4 is 5.32 Å². The van der Waals surface area contributed by atoms with E-state index in [1.165, 1.54) is 5.56 Å². The fourth-order valence-electron chi connectivity index (χ4n) is 2.52. The summed E-state index contributed by atoms with van der Waals surface area (Å²) in [6, 6.07) is 8.62. The Labute approximate surface area is 138 Å². The summed E-state index contributed by atoms with van der Waals surface area (Å²) in [6.45, 7) is 9.83. The summed E-state index contributed by atoms with van der Waals surface area (Å²) in [6.07, 6.45) is 0. The highest BCUT2D eigenvalue weighted by Crippen LogP contribution is 2.10. The number of carbonyl (C=O) groups is 1. The van der Waals surface area contributed by atoms with E-state index in [1.54, 1.807) is 0 Å². The fraction of sp³-hybridized carbons (Fsp3) is 0.588. The average molecular weight is 321 g/mol. The molecule has 2 rings (SSSR count). The lowest BCUT2D eigenvalue weighted by Crippen LogP contribution is -2.44. The minimum absolute atomic E-state index is 0.0625. The van der Waals surface area contributed by atoms with Gasteiger partial charge >= 0.3 is 6.03 Å².